The van der Waals surface area contributed by atoms with Crippen molar-refractivity contribution >= 4 is 34.4 Å². The molecule has 2 aromatic carbocycles. The Balaban J connectivity index is 2.01. The molecule has 7 heteroatoms. The van der Waals surface area contributed by atoms with Crippen LogP contribution in [0.15, 0.2) is 63.2 Å². The monoisotopic (exact) mass is 368 g/mol. The van der Waals surface area contributed by atoms with E-state index in [1.807, 2.05) is 30.3 Å². The van der Waals surface area contributed by atoms with Crippen molar-refractivity contribution in [1.29, 1.82) is 0 Å². The first-order valence-corrected chi connectivity index (χ1v) is 8.27. The number of benzene rings is 2. The van der Waals surface area contributed by atoms with Gasteiger partial charge in [0.25, 0.3) is 0 Å². The van der Waals surface area contributed by atoms with Crippen LogP contribution >= 0.6 is 11.6 Å². The van der Waals surface area contributed by atoms with Crippen LogP contribution in [0.4, 0.5) is 0 Å². The van der Waals surface area contributed by atoms with Crippen molar-refractivity contribution < 1.29 is 0 Å². The molecule has 132 valence electrons. The fourth-order valence-corrected chi connectivity index (χ4v) is 2.91. The van der Waals surface area contributed by atoms with Gasteiger partial charge in [-0.1, -0.05) is 41.9 Å². The lowest BCUT2D eigenvalue weighted by molar-refractivity contribution is 0.873. The summed E-state index contributed by atoms with van der Waals surface area (Å²) in [4.78, 5) is 30.4. The van der Waals surface area contributed by atoms with E-state index in [2.05, 4.69) is 9.98 Å². The van der Waals surface area contributed by atoms with Crippen LogP contribution in [0.5, 0.6) is 0 Å². The Kier molecular flexibility index (Phi) is 5.04. The first kappa shape index (κ1) is 17.7. The molecule has 0 aliphatic rings. The maximum atomic E-state index is 11.9. The highest BCUT2D eigenvalue weighted by Gasteiger charge is 2.11. The third-order valence-electron chi connectivity index (χ3n) is 4.03. The molecule has 6 nitrogen and oxygen atoms in total. The summed E-state index contributed by atoms with van der Waals surface area (Å²) in [6.45, 7) is 0.509. The number of aromatic amines is 1. The first-order chi connectivity index (χ1) is 12.5. The molecule has 0 bridgehead atoms. The van der Waals surface area contributed by atoms with Crippen LogP contribution in [0.1, 0.15) is 11.1 Å². The zero-order valence-corrected chi connectivity index (χ0v) is 14.8. The Morgan fingerprint density at radius 1 is 1.27 bits per heavy atom. The standard InChI is InChI=1S/C19H17ClN4O2/c1-24-17-7-14(15(20)8-16(17)23-18(25)19(24)26)13(9-21)11-22-10-12-5-3-2-4-6-12/h2-9,11H,10,21H2,1H3,(H,23,25). The molecule has 1 heterocycles. The lowest BCUT2D eigenvalue weighted by atomic mass is 10.1. The highest BCUT2D eigenvalue weighted by molar-refractivity contribution is 6.34. The van der Waals surface area contributed by atoms with Crippen LogP contribution in [0.25, 0.3) is 16.6 Å². The molecule has 1 aromatic heterocycles. The molecule has 3 rings (SSSR count). The lowest BCUT2D eigenvalue weighted by Crippen LogP contribution is -2.34. The second-order valence-corrected chi connectivity index (χ2v) is 6.15. The quantitative estimate of drug-likeness (QED) is 0.547. The van der Waals surface area contributed by atoms with Crippen molar-refractivity contribution in [3.05, 3.63) is 85.5 Å². The van der Waals surface area contributed by atoms with Gasteiger partial charge in [-0.3, -0.25) is 14.6 Å². The van der Waals surface area contributed by atoms with Gasteiger partial charge in [0.05, 0.1) is 22.6 Å². The van der Waals surface area contributed by atoms with Gasteiger partial charge in [0.2, 0.25) is 0 Å². The molecule has 3 aromatic rings. The van der Waals surface area contributed by atoms with Crippen molar-refractivity contribution in [1.82, 2.24) is 9.55 Å². The number of H-pyrrole nitrogens is 1. The molecule has 0 amide bonds. The molecular formula is C19H17ClN4O2. The predicted molar refractivity (Wildman–Crippen MR) is 106 cm³/mol. The largest absolute Gasteiger partial charge is 0.404 e. The Morgan fingerprint density at radius 2 is 2.00 bits per heavy atom. The zero-order valence-electron chi connectivity index (χ0n) is 14.1. The van der Waals surface area contributed by atoms with E-state index in [1.54, 1.807) is 18.3 Å². The molecule has 0 radical (unpaired) electrons. The van der Waals surface area contributed by atoms with E-state index in [9.17, 15) is 9.59 Å². The van der Waals surface area contributed by atoms with Crippen LogP contribution in [0, 0.1) is 0 Å². The van der Waals surface area contributed by atoms with Crippen molar-refractivity contribution in [2.24, 2.45) is 17.8 Å². The molecule has 0 saturated heterocycles. The number of allylic oxidation sites excluding steroid dienone is 1. The molecular weight excluding hydrogens is 352 g/mol. The summed E-state index contributed by atoms with van der Waals surface area (Å²) in [5.74, 6) is 0. The van der Waals surface area contributed by atoms with Gasteiger partial charge in [-0.2, -0.15) is 0 Å². The van der Waals surface area contributed by atoms with Crippen LogP contribution in [-0.2, 0) is 13.6 Å². The van der Waals surface area contributed by atoms with Crippen molar-refractivity contribution in [3.8, 4) is 0 Å². The maximum Gasteiger partial charge on any atom is 0.316 e. The Labute approximate surface area is 154 Å². The fourth-order valence-electron chi connectivity index (χ4n) is 2.63. The highest BCUT2D eigenvalue weighted by Crippen LogP contribution is 2.26. The SMILES string of the molecule is Cn1c(=O)c(=O)[nH]c2cc(Cl)c(C(C=NCc3ccccc3)=CN)cc21. The number of nitrogens with zero attached hydrogens (tertiary/aromatic N) is 2. The van der Waals surface area contributed by atoms with E-state index in [0.29, 0.717) is 33.7 Å². The fraction of sp³-hybridized carbons (Fsp3) is 0.105. The van der Waals surface area contributed by atoms with E-state index in [1.165, 1.54) is 17.8 Å². The van der Waals surface area contributed by atoms with Crippen molar-refractivity contribution in [2.75, 3.05) is 0 Å². The van der Waals surface area contributed by atoms with Gasteiger partial charge in [0.1, 0.15) is 0 Å². The molecule has 0 spiro atoms. The Hall–Kier alpha value is -3.12. The maximum absolute atomic E-state index is 11.9. The normalized spacial score (nSPS) is 12.2. The lowest BCUT2D eigenvalue weighted by Gasteiger charge is -2.10. The van der Waals surface area contributed by atoms with Gasteiger partial charge in [-0.25, -0.2) is 0 Å². The number of halogens is 1. The van der Waals surface area contributed by atoms with Gasteiger partial charge < -0.3 is 15.3 Å². The summed E-state index contributed by atoms with van der Waals surface area (Å²) >= 11 is 6.35. The number of rotatable bonds is 4. The summed E-state index contributed by atoms with van der Waals surface area (Å²) < 4.78 is 1.28. The molecule has 0 fully saturated rings. The smallest absolute Gasteiger partial charge is 0.316 e. The average Bonchev–Trinajstić information content (AvgIpc) is 2.64. The second-order valence-electron chi connectivity index (χ2n) is 5.74. The van der Waals surface area contributed by atoms with Gasteiger partial charge in [0, 0.05) is 30.6 Å². The number of nitrogens with two attached hydrogens (primary N) is 1. The van der Waals surface area contributed by atoms with Gasteiger partial charge in [-0.15, -0.1) is 0 Å². The van der Waals surface area contributed by atoms with Gasteiger partial charge in [0.15, 0.2) is 0 Å². The number of fused-ring (bicyclic) bond motifs is 1. The average molecular weight is 369 g/mol. The number of hydrogen-bond acceptors (Lipinski definition) is 4. The topological polar surface area (TPSA) is 93.2 Å². The minimum atomic E-state index is -0.692. The van der Waals surface area contributed by atoms with Gasteiger partial charge in [-0.05, 0) is 17.7 Å². The minimum Gasteiger partial charge on any atom is -0.404 e. The summed E-state index contributed by atoms with van der Waals surface area (Å²) in [5, 5.41) is 0.398. The third kappa shape index (κ3) is 3.45. The molecule has 26 heavy (non-hydrogen) atoms. The third-order valence-corrected chi connectivity index (χ3v) is 4.34. The van der Waals surface area contributed by atoms with Crippen molar-refractivity contribution in [2.45, 2.75) is 6.54 Å². The van der Waals surface area contributed by atoms with Crippen molar-refractivity contribution in [3.63, 3.8) is 0 Å². The van der Waals surface area contributed by atoms with E-state index in [4.69, 9.17) is 17.3 Å². The number of aryl methyl sites for hydroxylation is 1. The number of nitrogens with one attached hydrogen (secondary N) is 1. The first-order valence-electron chi connectivity index (χ1n) is 7.90. The van der Waals surface area contributed by atoms with Gasteiger partial charge >= 0.3 is 11.1 Å². The predicted octanol–water partition coefficient (Wildman–Crippen LogP) is 2.45. The molecule has 3 N–H and O–H groups in total. The molecule has 0 unspecified atom stereocenters. The Morgan fingerprint density at radius 3 is 2.69 bits per heavy atom. The molecule has 0 aliphatic heterocycles. The van der Waals surface area contributed by atoms with Crippen LogP contribution in [0.3, 0.4) is 0 Å². The van der Waals surface area contributed by atoms with Crippen LogP contribution in [-0.4, -0.2) is 15.8 Å². The Bertz CT molecular complexity index is 1130. The summed E-state index contributed by atoms with van der Waals surface area (Å²) in [5.41, 5.74) is 7.76. The minimum absolute atomic E-state index is 0.398. The van der Waals surface area contributed by atoms with E-state index in [0.717, 1.165) is 5.56 Å². The van der Waals surface area contributed by atoms with E-state index in [-0.39, 0.29) is 0 Å². The molecule has 0 atom stereocenters. The summed E-state index contributed by atoms with van der Waals surface area (Å²) in [7, 11) is 1.53. The summed E-state index contributed by atoms with van der Waals surface area (Å²) in [6, 6.07) is 13.1. The van der Waals surface area contributed by atoms with Crippen LogP contribution in [0.2, 0.25) is 5.02 Å². The highest BCUT2D eigenvalue weighted by atomic mass is 35.5. The van der Waals surface area contributed by atoms with E-state index >= 15 is 0 Å². The molecule has 0 saturated carbocycles. The number of aliphatic imine (C=N–C) groups is 1. The number of hydrogen-bond donors (Lipinski definition) is 2. The summed E-state index contributed by atoms with van der Waals surface area (Å²) in [6.07, 6.45) is 3.05. The second kappa shape index (κ2) is 7.41. The number of aromatic nitrogens is 2. The van der Waals surface area contributed by atoms with E-state index < -0.39 is 11.1 Å². The zero-order chi connectivity index (χ0) is 18.7. The van der Waals surface area contributed by atoms with Crippen LogP contribution < -0.4 is 16.9 Å². The molecule has 0 aliphatic carbocycles.